The third-order valence-corrected chi connectivity index (χ3v) is 8.17. The van der Waals surface area contributed by atoms with Gasteiger partial charge in [-0.05, 0) is 78.8 Å². The molecule has 3 saturated carbocycles. The number of hydrogen-bond acceptors (Lipinski definition) is 3. The Morgan fingerprint density at radius 1 is 1.12 bits per heavy atom. The second-order valence-corrected chi connectivity index (χ2v) is 9.03. The molecule has 24 heavy (non-hydrogen) atoms. The number of rotatable bonds is 0. The maximum Gasteiger partial charge on any atom is 0.159 e. The van der Waals surface area contributed by atoms with Crippen molar-refractivity contribution in [2.24, 2.45) is 28.6 Å². The highest BCUT2D eigenvalue weighted by Gasteiger charge is 2.60. The Kier molecular flexibility index (Phi) is 3.64. The second-order valence-electron chi connectivity index (χ2n) is 9.03. The van der Waals surface area contributed by atoms with Gasteiger partial charge in [-0.15, -0.1) is 0 Å². The van der Waals surface area contributed by atoms with Crippen molar-refractivity contribution in [3.8, 4) is 0 Å². The molecule has 0 heterocycles. The first-order valence-electron chi connectivity index (χ1n) is 9.59. The van der Waals surface area contributed by atoms with E-state index < -0.39 is 12.2 Å². The Morgan fingerprint density at radius 2 is 1.83 bits per heavy atom. The molecule has 0 aliphatic heterocycles. The Balaban J connectivity index is 1.73. The molecule has 0 radical (unpaired) electrons. The lowest BCUT2D eigenvalue weighted by Gasteiger charge is -2.57. The fourth-order valence-corrected chi connectivity index (χ4v) is 6.87. The predicted molar refractivity (Wildman–Crippen MR) is 93.2 cm³/mol. The number of carbonyl (C=O) groups excluding carboxylic acids is 1. The summed E-state index contributed by atoms with van der Waals surface area (Å²) in [5, 5.41) is 20.6. The summed E-state index contributed by atoms with van der Waals surface area (Å²) in [6.07, 6.45) is 8.42. The molecule has 0 saturated heterocycles. The highest BCUT2D eigenvalue weighted by molar-refractivity contribution is 5.99. The molecule has 3 nitrogen and oxygen atoms in total. The molecule has 4 aliphatic carbocycles. The monoisotopic (exact) mass is 330 g/mol. The van der Waals surface area contributed by atoms with E-state index in [9.17, 15) is 15.0 Å². The highest BCUT2D eigenvalue weighted by atomic mass is 16.3. The molecule has 4 rings (SSSR count). The molecule has 0 aromatic rings. The minimum absolute atomic E-state index is 0.00930. The zero-order valence-corrected chi connectivity index (χ0v) is 15.1. The van der Waals surface area contributed by atoms with E-state index in [2.05, 4.69) is 26.0 Å². The van der Waals surface area contributed by atoms with Crippen LogP contribution in [0.1, 0.15) is 59.3 Å². The van der Waals surface area contributed by atoms with Crippen molar-refractivity contribution in [2.75, 3.05) is 0 Å². The SMILES string of the molecule is C/C=C1/C(=O)CC2C3CC=C4[C@@H](O)[C@@H](O)CC[C@]4(C)C3CC[C@]12C. The van der Waals surface area contributed by atoms with Crippen LogP contribution in [0.3, 0.4) is 0 Å². The van der Waals surface area contributed by atoms with E-state index in [1.165, 1.54) is 0 Å². The number of ketones is 1. The number of fused-ring (bicyclic) bond motifs is 5. The third-order valence-electron chi connectivity index (χ3n) is 8.17. The fourth-order valence-electron chi connectivity index (χ4n) is 6.87. The van der Waals surface area contributed by atoms with Gasteiger partial charge in [-0.1, -0.05) is 26.0 Å². The molecule has 0 aromatic heterocycles. The maximum atomic E-state index is 12.6. The van der Waals surface area contributed by atoms with Crippen LogP contribution in [0, 0.1) is 28.6 Å². The van der Waals surface area contributed by atoms with E-state index in [0.717, 1.165) is 36.8 Å². The lowest BCUT2D eigenvalue weighted by molar-refractivity contribution is -0.115. The minimum Gasteiger partial charge on any atom is -0.390 e. The molecular formula is C21H30O3. The van der Waals surface area contributed by atoms with Crippen LogP contribution in [0.15, 0.2) is 23.3 Å². The van der Waals surface area contributed by atoms with E-state index in [-0.39, 0.29) is 10.8 Å². The van der Waals surface area contributed by atoms with Crippen LogP contribution in [0.25, 0.3) is 0 Å². The van der Waals surface area contributed by atoms with Crippen LogP contribution in [0.5, 0.6) is 0 Å². The molecule has 0 aromatic carbocycles. The summed E-state index contributed by atoms with van der Waals surface area (Å²) in [5.41, 5.74) is 2.17. The number of aliphatic hydroxyl groups excluding tert-OH is 2. The molecule has 3 fully saturated rings. The Morgan fingerprint density at radius 3 is 2.54 bits per heavy atom. The lowest BCUT2D eigenvalue weighted by Crippen LogP contribution is -2.53. The maximum absolute atomic E-state index is 12.6. The predicted octanol–water partition coefficient (Wildman–Crippen LogP) is 3.41. The number of hydrogen-bond donors (Lipinski definition) is 2. The number of allylic oxidation sites excluding steroid dienone is 3. The molecule has 0 spiro atoms. The molecule has 2 N–H and O–H groups in total. The van der Waals surface area contributed by atoms with Crippen molar-refractivity contribution < 1.29 is 15.0 Å². The Hall–Kier alpha value is -0.930. The van der Waals surface area contributed by atoms with Crippen LogP contribution in [-0.4, -0.2) is 28.2 Å². The summed E-state index contributed by atoms with van der Waals surface area (Å²) in [6, 6.07) is 0. The van der Waals surface area contributed by atoms with Crippen molar-refractivity contribution in [3.63, 3.8) is 0 Å². The second kappa shape index (κ2) is 5.28. The van der Waals surface area contributed by atoms with Gasteiger partial charge in [0.25, 0.3) is 0 Å². The molecule has 3 heteroatoms. The van der Waals surface area contributed by atoms with Gasteiger partial charge in [0.2, 0.25) is 0 Å². The normalized spacial score (nSPS) is 52.5. The molecule has 7 atom stereocenters. The third kappa shape index (κ3) is 1.94. The van der Waals surface area contributed by atoms with Gasteiger partial charge < -0.3 is 10.2 Å². The van der Waals surface area contributed by atoms with Crippen molar-refractivity contribution in [1.29, 1.82) is 0 Å². The van der Waals surface area contributed by atoms with Gasteiger partial charge in [-0.25, -0.2) is 0 Å². The van der Waals surface area contributed by atoms with Crippen molar-refractivity contribution in [1.82, 2.24) is 0 Å². The first kappa shape index (κ1) is 16.5. The van der Waals surface area contributed by atoms with Gasteiger partial charge in [-0.3, -0.25) is 4.79 Å². The Bertz CT molecular complexity index is 633. The molecular weight excluding hydrogens is 300 g/mol. The van der Waals surface area contributed by atoms with Gasteiger partial charge in [-0.2, -0.15) is 0 Å². The van der Waals surface area contributed by atoms with Gasteiger partial charge in [0.1, 0.15) is 6.10 Å². The van der Waals surface area contributed by atoms with Gasteiger partial charge in [0.05, 0.1) is 6.10 Å². The van der Waals surface area contributed by atoms with Crippen LogP contribution in [0.2, 0.25) is 0 Å². The summed E-state index contributed by atoms with van der Waals surface area (Å²) in [6.45, 7) is 6.60. The van der Waals surface area contributed by atoms with Gasteiger partial charge >= 0.3 is 0 Å². The first-order chi connectivity index (χ1) is 11.3. The van der Waals surface area contributed by atoms with Crippen molar-refractivity contribution >= 4 is 5.78 Å². The fraction of sp³-hybridized carbons (Fsp3) is 0.762. The average Bonchev–Trinajstić information content (AvgIpc) is 2.81. The highest BCUT2D eigenvalue weighted by Crippen LogP contribution is 2.65. The molecule has 3 unspecified atom stereocenters. The van der Waals surface area contributed by atoms with Gasteiger partial charge in [0, 0.05) is 6.42 Å². The summed E-state index contributed by atoms with van der Waals surface area (Å²) in [7, 11) is 0. The van der Waals surface area contributed by atoms with Crippen LogP contribution < -0.4 is 0 Å². The standard InChI is InChI=1S/C21H30O3/c1-4-13-18(23)11-16-12-5-6-15-19(24)17(22)8-10-21(15,3)14(12)7-9-20(13,16)2/h4,6,12,14,16-17,19,22,24H,5,7-11H2,1-3H3/b13-4-/t12?,14?,16?,17-,19+,20+,21+/m0/s1. The van der Waals surface area contributed by atoms with E-state index in [4.69, 9.17) is 0 Å². The number of aliphatic hydroxyl groups is 2. The van der Waals surface area contributed by atoms with E-state index in [1.54, 1.807) is 0 Å². The minimum atomic E-state index is -0.700. The lowest BCUT2D eigenvalue weighted by atomic mass is 9.47. The summed E-state index contributed by atoms with van der Waals surface area (Å²) in [5.74, 6) is 1.85. The van der Waals surface area contributed by atoms with Crippen LogP contribution >= 0.6 is 0 Å². The summed E-state index contributed by atoms with van der Waals surface area (Å²) < 4.78 is 0. The largest absolute Gasteiger partial charge is 0.390 e. The van der Waals surface area contributed by atoms with Crippen LogP contribution in [0.4, 0.5) is 0 Å². The average molecular weight is 330 g/mol. The smallest absolute Gasteiger partial charge is 0.159 e. The Labute approximate surface area is 144 Å². The molecule has 0 amide bonds. The summed E-state index contributed by atoms with van der Waals surface area (Å²) >= 11 is 0. The number of Topliss-reactive ketones (excluding diaryl/α,β-unsaturated/α-hetero) is 1. The quantitative estimate of drug-likeness (QED) is 0.529. The van der Waals surface area contributed by atoms with E-state index >= 15 is 0 Å². The molecule has 0 bridgehead atoms. The topological polar surface area (TPSA) is 57.5 Å². The van der Waals surface area contributed by atoms with Gasteiger partial charge in [0.15, 0.2) is 5.78 Å². The van der Waals surface area contributed by atoms with Crippen molar-refractivity contribution in [3.05, 3.63) is 23.3 Å². The zero-order valence-electron chi connectivity index (χ0n) is 15.1. The van der Waals surface area contributed by atoms with E-state index in [1.807, 2.05) is 6.92 Å². The van der Waals surface area contributed by atoms with E-state index in [0.29, 0.717) is 36.4 Å². The number of carbonyl (C=O) groups is 1. The molecule has 132 valence electrons. The summed E-state index contributed by atoms with van der Waals surface area (Å²) in [4.78, 5) is 12.6. The first-order valence-corrected chi connectivity index (χ1v) is 9.59. The van der Waals surface area contributed by atoms with Crippen molar-refractivity contribution in [2.45, 2.75) is 71.5 Å². The van der Waals surface area contributed by atoms with Crippen LogP contribution in [-0.2, 0) is 4.79 Å². The zero-order chi connectivity index (χ0) is 17.3. The molecule has 4 aliphatic rings.